The van der Waals surface area contributed by atoms with Crippen LogP contribution in [0.25, 0.3) is 0 Å². The summed E-state index contributed by atoms with van der Waals surface area (Å²) in [6.45, 7) is 0. The Morgan fingerprint density at radius 1 is 0.682 bits per heavy atom. The van der Waals surface area contributed by atoms with Gasteiger partial charge in [0.1, 0.15) is 5.75 Å². The van der Waals surface area contributed by atoms with Crippen molar-refractivity contribution < 1.29 is 5.11 Å². The van der Waals surface area contributed by atoms with Gasteiger partial charge in [-0.05, 0) is 60.8 Å². The van der Waals surface area contributed by atoms with Crippen molar-refractivity contribution in [3.8, 4) is 5.75 Å². The summed E-state index contributed by atoms with van der Waals surface area (Å²) in [5.74, 6) is 1.85. The molecule has 0 amide bonds. The van der Waals surface area contributed by atoms with Gasteiger partial charge in [0.05, 0.1) is 0 Å². The van der Waals surface area contributed by atoms with Gasteiger partial charge in [0.15, 0.2) is 0 Å². The van der Waals surface area contributed by atoms with Crippen molar-refractivity contribution in [1.82, 2.24) is 0 Å². The molecule has 1 N–H and O–H groups in total. The largest absolute Gasteiger partial charge is 0.508 e. The van der Waals surface area contributed by atoms with Gasteiger partial charge in [-0.1, -0.05) is 55.3 Å². The molecule has 0 spiro atoms. The number of hydrogen-bond acceptors (Lipinski definition) is 1. The molecular weight excluding hydrogens is 268 g/mol. The van der Waals surface area contributed by atoms with E-state index in [-0.39, 0.29) is 5.41 Å². The van der Waals surface area contributed by atoms with Crippen molar-refractivity contribution in [2.45, 2.75) is 43.9 Å². The maximum absolute atomic E-state index is 9.71. The van der Waals surface area contributed by atoms with Crippen molar-refractivity contribution in [2.75, 3.05) is 0 Å². The SMILES string of the molecule is Oc1ccc(C2(c3ccccc3)C3CCCC2CCC3)cc1. The van der Waals surface area contributed by atoms with E-state index in [0.717, 1.165) is 11.8 Å². The number of rotatable bonds is 2. The van der Waals surface area contributed by atoms with E-state index < -0.39 is 0 Å². The van der Waals surface area contributed by atoms with Crippen LogP contribution in [0.4, 0.5) is 0 Å². The van der Waals surface area contributed by atoms with Crippen molar-refractivity contribution in [3.63, 3.8) is 0 Å². The second kappa shape index (κ2) is 5.46. The number of phenols is 1. The van der Waals surface area contributed by atoms with Crippen molar-refractivity contribution in [2.24, 2.45) is 11.8 Å². The first kappa shape index (κ1) is 13.9. The fourth-order valence-corrected chi connectivity index (χ4v) is 5.31. The van der Waals surface area contributed by atoms with Crippen LogP contribution >= 0.6 is 0 Å². The molecule has 2 bridgehead atoms. The standard InChI is InChI=1S/C21H24O/c22-20-14-12-19(13-15-20)21(16-6-2-1-3-7-16)17-8-4-9-18(21)11-5-10-17/h1-3,6-7,12-15,17-18,22H,4-5,8-11H2. The highest BCUT2D eigenvalue weighted by atomic mass is 16.3. The van der Waals surface area contributed by atoms with Gasteiger partial charge in [0, 0.05) is 5.41 Å². The molecule has 0 radical (unpaired) electrons. The lowest BCUT2D eigenvalue weighted by Gasteiger charge is -2.54. The number of hydrogen-bond donors (Lipinski definition) is 1. The maximum atomic E-state index is 9.71. The molecule has 2 saturated carbocycles. The fourth-order valence-electron chi connectivity index (χ4n) is 5.31. The molecule has 0 saturated heterocycles. The van der Waals surface area contributed by atoms with Crippen LogP contribution in [0.2, 0.25) is 0 Å². The van der Waals surface area contributed by atoms with Gasteiger partial charge in [-0.25, -0.2) is 0 Å². The number of phenolic OH excluding ortho intramolecular Hbond substituents is 1. The van der Waals surface area contributed by atoms with Crippen LogP contribution in [0.3, 0.4) is 0 Å². The molecule has 2 aromatic rings. The predicted octanol–water partition coefficient (Wildman–Crippen LogP) is 5.28. The number of fused-ring (bicyclic) bond motifs is 2. The lowest BCUT2D eigenvalue weighted by Crippen LogP contribution is -2.48. The van der Waals surface area contributed by atoms with E-state index in [0.29, 0.717) is 5.75 Å². The Labute approximate surface area is 133 Å². The Hall–Kier alpha value is -1.76. The number of benzene rings is 2. The van der Waals surface area contributed by atoms with Crippen molar-refractivity contribution in [1.29, 1.82) is 0 Å². The van der Waals surface area contributed by atoms with Crippen molar-refractivity contribution >= 4 is 0 Å². The second-order valence-corrected chi connectivity index (χ2v) is 7.04. The highest BCUT2D eigenvalue weighted by molar-refractivity contribution is 5.44. The molecule has 1 nitrogen and oxygen atoms in total. The second-order valence-electron chi connectivity index (χ2n) is 7.04. The third kappa shape index (κ3) is 1.99. The van der Waals surface area contributed by atoms with Gasteiger partial charge in [0.25, 0.3) is 0 Å². The van der Waals surface area contributed by atoms with E-state index in [2.05, 4.69) is 42.5 Å². The number of aromatic hydroxyl groups is 1. The lowest BCUT2D eigenvalue weighted by molar-refractivity contribution is 0.0837. The Morgan fingerprint density at radius 2 is 1.18 bits per heavy atom. The molecule has 2 fully saturated rings. The third-order valence-corrected chi connectivity index (χ3v) is 6.09. The average Bonchev–Trinajstić information content (AvgIpc) is 2.55. The summed E-state index contributed by atoms with van der Waals surface area (Å²) in [5, 5.41) is 9.71. The van der Waals surface area contributed by atoms with Crippen LogP contribution in [-0.2, 0) is 5.41 Å². The Balaban J connectivity index is 1.93. The van der Waals surface area contributed by atoms with Crippen LogP contribution < -0.4 is 0 Å². The van der Waals surface area contributed by atoms with Crippen LogP contribution in [0.1, 0.15) is 49.7 Å². The zero-order valence-corrected chi connectivity index (χ0v) is 13.0. The first-order valence-electron chi connectivity index (χ1n) is 8.67. The van der Waals surface area contributed by atoms with E-state index >= 15 is 0 Å². The van der Waals surface area contributed by atoms with Gasteiger partial charge in [-0.15, -0.1) is 0 Å². The molecule has 22 heavy (non-hydrogen) atoms. The normalized spacial score (nSPS) is 30.9. The molecule has 114 valence electrons. The monoisotopic (exact) mass is 292 g/mol. The molecule has 0 unspecified atom stereocenters. The van der Waals surface area contributed by atoms with E-state index in [9.17, 15) is 5.11 Å². The molecule has 0 atom stereocenters. The van der Waals surface area contributed by atoms with Crippen LogP contribution in [0, 0.1) is 11.8 Å². The predicted molar refractivity (Wildman–Crippen MR) is 90.0 cm³/mol. The average molecular weight is 292 g/mol. The smallest absolute Gasteiger partial charge is 0.115 e. The topological polar surface area (TPSA) is 20.2 Å². The first-order valence-corrected chi connectivity index (χ1v) is 8.67. The van der Waals surface area contributed by atoms with Crippen LogP contribution in [0.15, 0.2) is 54.6 Å². The van der Waals surface area contributed by atoms with Crippen molar-refractivity contribution in [3.05, 3.63) is 65.7 Å². The molecule has 2 aromatic carbocycles. The zero-order valence-electron chi connectivity index (χ0n) is 13.0. The zero-order chi connectivity index (χ0) is 15.0. The summed E-state index contributed by atoms with van der Waals surface area (Å²) >= 11 is 0. The lowest BCUT2D eigenvalue weighted by atomic mass is 9.49. The minimum Gasteiger partial charge on any atom is -0.508 e. The van der Waals surface area contributed by atoms with E-state index in [4.69, 9.17) is 0 Å². The summed E-state index contributed by atoms with van der Waals surface area (Å²) < 4.78 is 0. The summed E-state index contributed by atoms with van der Waals surface area (Å²) in [4.78, 5) is 0. The minimum atomic E-state index is 0.158. The van der Waals surface area contributed by atoms with E-state index in [1.54, 1.807) is 0 Å². The summed E-state index contributed by atoms with van der Waals surface area (Å²) in [7, 11) is 0. The minimum absolute atomic E-state index is 0.158. The van der Waals surface area contributed by atoms with Gasteiger partial charge in [0.2, 0.25) is 0 Å². The Morgan fingerprint density at radius 3 is 1.73 bits per heavy atom. The van der Waals surface area contributed by atoms with Gasteiger partial charge < -0.3 is 5.11 Å². The molecule has 2 aliphatic rings. The summed E-state index contributed by atoms with van der Waals surface area (Å²) in [6.07, 6.45) is 8.11. The Bertz CT molecular complexity index is 607. The molecule has 0 aromatic heterocycles. The highest BCUT2D eigenvalue weighted by Crippen LogP contribution is 2.57. The van der Waals surface area contributed by atoms with E-state index in [1.807, 2.05) is 12.1 Å². The molecule has 4 rings (SSSR count). The summed E-state index contributed by atoms with van der Waals surface area (Å²) in [5.41, 5.74) is 3.05. The molecule has 1 heteroatoms. The van der Waals surface area contributed by atoms with Crippen LogP contribution in [0.5, 0.6) is 5.75 Å². The quantitative estimate of drug-likeness (QED) is 0.798. The molecule has 0 heterocycles. The van der Waals surface area contributed by atoms with Gasteiger partial charge in [-0.3, -0.25) is 0 Å². The first-order chi connectivity index (χ1) is 10.8. The molecule has 0 aliphatic heterocycles. The molecular formula is C21H24O. The summed E-state index contributed by atoms with van der Waals surface area (Å²) in [6, 6.07) is 19.2. The van der Waals surface area contributed by atoms with Gasteiger partial charge >= 0.3 is 0 Å². The third-order valence-electron chi connectivity index (χ3n) is 6.09. The van der Waals surface area contributed by atoms with Crippen LogP contribution in [-0.4, -0.2) is 5.11 Å². The van der Waals surface area contributed by atoms with E-state index in [1.165, 1.54) is 49.7 Å². The fraction of sp³-hybridized carbons (Fsp3) is 0.429. The maximum Gasteiger partial charge on any atom is 0.115 e. The van der Waals surface area contributed by atoms with Gasteiger partial charge in [-0.2, -0.15) is 0 Å². The molecule has 2 aliphatic carbocycles. The Kier molecular flexibility index (Phi) is 3.44. The highest BCUT2D eigenvalue weighted by Gasteiger charge is 2.51.